The van der Waals surface area contributed by atoms with Crippen molar-refractivity contribution in [3.63, 3.8) is 0 Å². The van der Waals surface area contributed by atoms with Gasteiger partial charge in [-0.05, 0) is 43.4 Å². The summed E-state index contributed by atoms with van der Waals surface area (Å²) < 4.78 is 0. The van der Waals surface area contributed by atoms with Crippen LogP contribution >= 0.6 is 0 Å². The van der Waals surface area contributed by atoms with Gasteiger partial charge in [0.2, 0.25) is 0 Å². The molecule has 0 bridgehead atoms. The molecule has 1 rings (SSSR count). The molecule has 0 spiro atoms. The summed E-state index contributed by atoms with van der Waals surface area (Å²) in [5, 5.41) is 15.4. The fourth-order valence-electron chi connectivity index (χ4n) is 2.57. The first-order valence-electron chi connectivity index (χ1n) is 7.56. The summed E-state index contributed by atoms with van der Waals surface area (Å²) in [7, 11) is 0. The first kappa shape index (κ1) is 16.3. The molecular weight excluding hydrogens is 240 g/mol. The first-order valence-corrected chi connectivity index (χ1v) is 7.56. The molecule has 0 aliphatic heterocycles. The average molecular weight is 270 g/mol. The van der Waals surface area contributed by atoms with Crippen molar-refractivity contribution in [1.82, 2.24) is 10.6 Å². The minimum absolute atomic E-state index is 0.0750. The summed E-state index contributed by atoms with van der Waals surface area (Å²) in [6, 6.07) is -0.0750. The average Bonchev–Trinajstić information content (AvgIpc) is 2.31. The van der Waals surface area contributed by atoms with Gasteiger partial charge in [-0.1, -0.05) is 27.2 Å². The van der Waals surface area contributed by atoms with E-state index >= 15 is 0 Å². The lowest BCUT2D eigenvalue weighted by Crippen LogP contribution is -2.40. The number of hydrogen-bond acceptors (Lipinski definition) is 2. The zero-order valence-electron chi connectivity index (χ0n) is 12.7. The van der Waals surface area contributed by atoms with Gasteiger partial charge in [0.1, 0.15) is 0 Å². The zero-order chi connectivity index (χ0) is 14.3. The highest BCUT2D eigenvalue weighted by Gasteiger charge is 2.20. The van der Waals surface area contributed by atoms with Gasteiger partial charge >= 0.3 is 6.03 Å². The van der Waals surface area contributed by atoms with E-state index in [1.54, 1.807) is 0 Å². The number of urea groups is 1. The summed E-state index contributed by atoms with van der Waals surface area (Å²) in [5.74, 6) is 0.434. The third kappa shape index (κ3) is 8.09. The Morgan fingerprint density at radius 1 is 1.26 bits per heavy atom. The molecule has 1 saturated carbocycles. The van der Waals surface area contributed by atoms with E-state index in [2.05, 4.69) is 31.4 Å². The van der Waals surface area contributed by atoms with Crippen LogP contribution in [0.5, 0.6) is 0 Å². The normalized spacial score (nSPS) is 24.0. The van der Waals surface area contributed by atoms with Crippen LogP contribution in [-0.2, 0) is 0 Å². The second kappa shape index (κ2) is 7.73. The number of amides is 2. The highest BCUT2D eigenvalue weighted by atomic mass is 16.3. The molecule has 4 nitrogen and oxygen atoms in total. The molecule has 19 heavy (non-hydrogen) atoms. The lowest BCUT2D eigenvalue weighted by Gasteiger charge is -2.26. The third-order valence-electron chi connectivity index (χ3n) is 3.70. The van der Waals surface area contributed by atoms with Gasteiger partial charge in [-0.15, -0.1) is 0 Å². The van der Waals surface area contributed by atoms with Gasteiger partial charge in [0, 0.05) is 13.1 Å². The van der Waals surface area contributed by atoms with E-state index in [0.29, 0.717) is 17.9 Å². The molecule has 0 aromatic rings. The molecule has 0 aromatic carbocycles. The van der Waals surface area contributed by atoms with E-state index in [0.717, 1.165) is 45.1 Å². The van der Waals surface area contributed by atoms with Crippen molar-refractivity contribution < 1.29 is 9.90 Å². The van der Waals surface area contributed by atoms with Crippen molar-refractivity contribution in [3.8, 4) is 0 Å². The van der Waals surface area contributed by atoms with Crippen LogP contribution in [0.25, 0.3) is 0 Å². The molecule has 2 atom stereocenters. The minimum Gasteiger partial charge on any atom is -0.393 e. The zero-order valence-corrected chi connectivity index (χ0v) is 12.7. The maximum absolute atomic E-state index is 11.6. The fourth-order valence-corrected chi connectivity index (χ4v) is 2.57. The summed E-state index contributed by atoms with van der Waals surface area (Å²) in [6.45, 7) is 8.04. The highest BCUT2D eigenvalue weighted by Crippen LogP contribution is 2.23. The standard InChI is InChI=1S/C15H30N2O2/c1-15(2,3)8-5-9-16-14(19)17-11-12-6-4-7-13(18)10-12/h12-13,18H,4-11H2,1-3H3,(H2,16,17,19). The summed E-state index contributed by atoms with van der Waals surface area (Å²) in [6.07, 6.45) is 5.87. The number of nitrogens with one attached hydrogen (secondary N) is 2. The Kier molecular flexibility index (Phi) is 6.63. The van der Waals surface area contributed by atoms with Crippen LogP contribution < -0.4 is 10.6 Å². The molecule has 3 N–H and O–H groups in total. The van der Waals surface area contributed by atoms with E-state index in [-0.39, 0.29) is 12.1 Å². The largest absolute Gasteiger partial charge is 0.393 e. The lowest BCUT2D eigenvalue weighted by atomic mass is 9.87. The number of aliphatic hydroxyl groups is 1. The number of carbonyl (C=O) groups excluding carboxylic acids is 1. The van der Waals surface area contributed by atoms with Crippen molar-refractivity contribution in [3.05, 3.63) is 0 Å². The quantitative estimate of drug-likeness (QED) is 0.673. The van der Waals surface area contributed by atoms with E-state index in [9.17, 15) is 9.90 Å². The molecule has 0 saturated heterocycles. The van der Waals surface area contributed by atoms with Gasteiger partial charge in [0.25, 0.3) is 0 Å². The molecule has 0 aromatic heterocycles. The van der Waals surface area contributed by atoms with E-state index < -0.39 is 0 Å². The molecule has 1 aliphatic rings. The molecule has 1 aliphatic carbocycles. The van der Waals surface area contributed by atoms with Gasteiger partial charge in [0.05, 0.1) is 6.10 Å². The molecule has 2 amide bonds. The second-order valence-corrected chi connectivity index (χ2v) is 6.99. The Bertz CT molecular complexity index is 274. The molecule has 0 radical (unpaired) electrons. The summed E-state index contributed by atoms with van der Waals surface area (Å²) in [4.78, 5) is 11.6. The van der Waals surface area contributed by atoms with Gasteiger partial charge < -0.3 is 15.7 Å². The Balaban J connectivity index is 2.04. The van der Waals surface area contributed by atoms with Crippen LogP contribution in [0, 0.1) is 11.3 Å². The summed E-state index contributed by atoms with van der Waals surface area (Å²) >= 11 is 0. The van der Waals surface area contributed by atoms with E-state index in [4.69, 9.17) is 0 Å². The SMILES string of the molecule is CC(C)(C)CCCNC(=O)NCC1CCCC(O)C1. The summed E-state index contributed by atoms with van der Waals surface area (Å²) in [5.41, 5.74) is 0.330. The second-order valence-electron chi connectivity index (χ2n) is 6.99. The predicted molar refractivity (Wildman–Crippen MR) is 78.1 cm³/mol. The van der Waals surface area contributed by atoms with Crippen LogP contribution in [0.2, 0.25) is 0 Å². The topological polar surface area (TPSA) is 61.4 Å². The number of carbonyl (C=O) groups is 1. The lowest BCUT2D eigenvalue weighted by molar-refractivity contribution is 0.101. The molecular formula is C15H30N2O2. The fraction of sp³-hybridized carbons (Fsp3) is 0.933. The van der Waals surface area contributed by atoms with Gasteiger partial charge in [-0.25, -0.2) is 4.79 Å². The highest BCUT2D eigenvalue weighted by molar-refractivity contribution is 5.73. The Hall–Kier alpha value is -0.770. The van der Waals surface area contributed by atoms with Crippen molar-refractivity contribution >= 4 is 6.03 Å². The van der Waals surface area contributed by atoms with Crippen LogP contribution in [0.4, 0.5) is 4.79 Å². The van der Waals surface area contributed by atoms with Crippen LogP contribution in [-0.4, -0.2) is 30.3 Å². The molecule has 2 unspecified atom stereocenters. The smallest absolute Gasteiger partial charge is 0.314 e. The van der Waals surface area contributed by atoms with Crippen LogP contribution in [0.1, 0.15) is 59.3 Å². The predicted octanol–water partition coefficient (Wildman–Crippen LogP) is 2.66. The van der Waals surface area contributed by atoms with Crippen molar-refractivity contribution in [2.24, 2.45) is 11.3 Å². The Morgan fingerprint density at radius 3 is 2.63 bits per heavy atom. The molecule has 112 valence electrons. The molecule has 0 heterocycles. The number of aliphatic hydroxyl groups excluding tert-OH is 1. The number of rotatable bonds is 5. The maximum Gasteiger partial charge on any atom is 0.314 e. The Labute approximate surface area is 117 Å². The van der Waals surface area contributed by atoms with E-state index in [1.165, 1.54) is 0 Å². The monoisotopic (exact) mass is 270 g/mol. The molecule has 1 fully saturated rings. The van der Waals surface area contributed by atoms with Gasteiger partial charge in [-0.2, -0.15) is 0 Å². The number of hydrogen-bond donors (Lipinski definition) is 3. The van der Waals surface area contributed by atoms with Crippen LogP contribution in [0.15, 0.2) is 0 Å². The van der Waals surface area contributed by atoms with Crippen molar-refractivity contribution in [2.75, 3.05) is 13.1 Å². The minimum atomic E-state index is -0.171. The van der Waals surface area contributed by atoms with Crippen molar-refractivity contribution in [2.45, 2.75) is 65.4 Å². The van der Waals surface area contributed by atoms with Gasteiger partial charge in [-0.3, -0.25) is 0 Å². The first-order chi connectivity index (χ1) is 8.87. The van der Waals surface area contributed by atoms with Gasteiger partial charge in [0.15, 0.2) is 0 Å². The van der Waals surface area contributed by atoms with Crippen LogP contribution in [0.3, 0.4) is 0 Å². The Morgan fingerprint density at radius 2 is 2.00 bits per heavy atom. The maximum atomic E-state index is 11.6. The van der Waals surface area contributed by atoms with Crippen molar-refractivity contribution in [1.29, 1.82) is 0 Å². The molecule has 4 heteroatoms. The third-order valence-corrected chi connectivity index (χ3v) is 3.70. The van der Waals surface area contributed by atoms with E-state index in [1.807, 2.05) is 0 Å².